The van der Waals surface area contributed by atoms with E-state index in [1.54, 1.807) is 6.20 Å². The molecule has 1 aromatic heterocycles. The van der Waals surface area contributed by atoms with Gasteiger partial charge in [-0.15, -0.1) is 0 Å². The Kier molecular flexibility index (Phi) is 2.65. The van der Waals surface area contributed by atoms with Gasteiger partial charge >= 0.3 is 0 Å². The third-order valence-electron chi connectivity index (χ3n) is 2.31. The average Bonchev–Trinajstić information content (AvgIpc) is 2.30. The van der Waals surface area contributed by atoms with Crippen LogP contribution in [0.25, 0.3) is 11.1 Å². The highest BCUT2D eigenvalue weighted by molar-refractivity contribution is 5.73. The molecule has 15 heavy (non-hydrogen) atoms. The lowest BCUT2D eigenvalue weighted by Gasteiger charge is -2.05. The maximum absolute atomic E-state index is 5.80. The lowest BCUT2D eigenvalue weighted by molar-refractivity contribution is 1.07. The number of nitrogens with two attached hydrogens (primary N) is 2. The summed E-state index contributed by atoms with van der Waals surface area (Å²) in [6.45, 7) is 0.536. The summed E-state index contributed by atoms with van der Waals surface area (Å²) in [5, 5.41) is 0. The Bertz CT molecular complexity index is 466. The van der Waals surface area contributed by atoms with Crippen LogP contribution in [-0.4, -0.2) is 4.98 Å². The third kappa shape index (κ3) is 1.97. The molecule has 0 aliphatic rings. The summed E-state index contributed by atoms with van der Waals surface area (Å²) in [5.41, 5.74) is 14.5. The summed E-state index contributed by atoms with van der Waals surface area (Å²) < 4.78 is 0. The number of aromatic nitrogens is 1. The predicted octanol–water partition coefficient (Wildman–Crippen LogP) is 1.79. The van der Waals surface area contributed by atoms with Crippen molar-refractivity contribution in [1.82, 2.24) is 4.98 Å². The van der Waals surface area contributed by atoms with Gasteiger partial charge in [0.2, 0.25) is 0 Å². The molecule has 2 aromatic rings. The number of anilines is 1. The molecule has 0 aliphatic carbocycles. The topological polar surface area (TPSA) is 64.9 Å². The fourth-order valence-corrected chi connectivity index (χ4v) is 1.53. The average molecular weight is 199 g/mol. The monoisotopic (exact) mass is 199 g/mol. The van der Waals surface area contributed by atoms with Gasteiger partial charge in [0, 0.05) is 18.3 Å². The van der Waals surface area contributed by atoms with E-state index < -0.39 is 0 Å². The minimum atomic E-state index is 0.536. The maximum atomic E-state index is 5.80. The molecule has 76 valence electrons. The summed E-state index contributed by atoms with van der Waals surface area (Å²) in [6, 6.07) is 11.8. The normalized spacial score (nSPS) is 10.2. The molecule has 3 heteroatoms. The standard InChI is InChI=1S/C12H13N3/c13-8-9-3-1-4-10(7-9)11-5-2-6-15-12(11)14/h1-7H,8,13H2,(H2,14,15). The highest BCUT2D eigenvalue weighted by Gasteiger charge is 2.02. The van der Waals surface area contributed by atoms with Crippen molar-refractivity contribution in [3.8, 4) is 11.1 Å². The van der Waals surface area contributed by atoms with E-state index in [2.05, 4.69) is 4.98 Å². The zero-order chi connectivity index (χ0) is 10.7. The van der Waals surface area contributed by atoms with E-state index in [1.807, 2.05) is 36.4 Å². The van der Waals surface area contributed by atoms with Crippen LogP contribution in [0.1, 0.15) is 5.56 Å². The van der Waals surface area contributed by atoms with Crippen LogP contribution in [0.3, 0.4) is 0 Å². The molecule has 0 radical (unpaired) electrons. The smallest absolute Gasteiger partial charge is 0.131 e. The highest BCUT2D eigenvalue weighted by Crippen LogP contribution is 2.24. The fourth-order valence-electron chi connectivity index (χ4n) is 1.53. The van der Waals surface area contributed by atoms with Crippen molar-refractivity contribution >= 4 is 5.82 Å². The van der Waals surface area contributed by atoms with E-state index in [1.165, 1.54) is 0 Å². The molecule has 0 unspecified atom stereocenters. The van der Waals surface area contributed by atoms with Gasteiger partial charge in [0.1, 0.15) is 5.82 Å². The van der Waals surface area contributed by atoms with Crippen LogP contribution >= 0.6 is 0 Å². The number of benzene rings is 1. The lowest BCUT2D eigenvalue weighted by Crippen LogP contribution is -1.97. The van der Waals surface area contributed by atoms with Crippen molar-refractivity contribution in [1.29, 1.82) is 0 Å². The van der Waals surface area contributed by atoms with E-state index in [0.717, 1.165) is 16.7 Å². The maximum Gasteiger partial charge on any atom is 0.131 e. The lowest BCUT2D eigenvalue weighted by atomic mass is 10.0. The van der Waals surface area contributed by atoms with Crippen molar-refractivity contribution in [3.05, 3.63) is 48.2 Å². The van der Waals surface area contributed by atoms with Crippen LogP contribution in [0.2, 0.25) is 0 Å². The van der Waals surface area contributed by atoms with E-state index in [0.29, 0.717) is 12.4 Å². The van der Waals surface area contributed by atoms with Crippen LogP contribution in [0.5, 0.6) is 0 Å². The van der Waals surface area contributed by atoms with Crippen molar-refractivity contribution in [2.24, 2.45) is 5.73 Å². The van der Waals surface area contributed by atoms with Gasteiger partial charge in [0.15, 0.2) is 0 Å². The summed E-state index contributed by atoms with van der Waals surface area (Å²) in [4.78, 5) is 4.06. The van der Waals surface area contributed by atoms with Crippen LogP contribution in [-0.2, 0) is 6.54 Å². The first-order valence-corrected chi connectivity index (χ1v) is 4.81. The second kappa shape index (κ2) is 4.11. The quantitative estimate of drug-likeness (QED) is 0.775. The van der Waals surface area contributed by atoms with Crippen LogP contribution in [0.15, 0.2) is 42.6 Å². The summed E-state index contributed by atoms with van der Waals surface area (Å²) in [7, 11) is 0. The molecule has 2 rings (SSSR count). The number of pyridine rings is 1. The van der Waals surface area contributed by atoms with Gasteiger partial charge in [-0.05, 0) is 29.3 Å². The fraction of sp³-hybridized carbons (Fsp3) is 0.0833. The van der Waals surface area contributed by atoms with Gasteiger partial charge < -0.3 is 11.5 Å². The second-order valence-corrected chi connectivity index (χ2v) is 3.34. The number of hydrogen-bond acceptors (Lipinski definition) is 3. The molecule has 0 saturated heterocycles. The van der Waals surface area contributed by atoms with Crippen LogP contribution in [0.4, 0.5) is 5.82 Å². The molecular formula is C12H13N3. The molecule has 0 aliphatic heterocycles. The van der Waals surface area contributed by atoms with Gasteiger partial charge in [-0.3, -0.25) is 0 Å². The number of nitrogens with zero attached hydrogens (tertiary/aromatic N) is 1. The first-order valence-electron chi connectivity index (χ1n) is 4.81. The van der Waals surface area contributed by atoms with E-state index >= 15 is 0 Å². The largest absolute Gasteiger partial charge is 0.383 e. The zero-order valence-electron chi connectivity index (χ0n) is 8.35. The minimum Gasteiger partial charge on any atom is -0.383 e. The third-order valence-corrected chi connectivity index (χ3v) is 2.31. The Morgan fingerprint density at radius 1 is 1.13 bits per heavy atom. The predicted molar refractivity (Wildman–Crippen MR) is 62.0 cm³/mol. The van der Waals surface area contributed by atoms with Crippen LogP contribution in [0, 0.1) is 0 Å². The summed E-state index contributed by atoms with van der Waals surface area (Å²) in [6.07, 6.45) is 1.69. The molecule has 0 spiro atoms. The Hall–Kier alpha value is -1.87. The molecule has 0 amide bonds. The molecule has 1 aromatic carbocycles. The Labute approximate surface area is 88.8 Å². The second-order valence-electron chi connectivity index (χ2n) is 3.34. The Morgan fingerprint density at radius 2 is 2.00 bits per heavy atom. The van der Waals surface area contributed by atoms with Gasteiger partial charge in [0.25, 0.3) is 0 Å². The van der Waals surface area contributed by atoms with Crippen molar-refractivity contribution in [2.45, 2.75) is 6.54 Å². The molecule has 1 heterocycles. The molecule has 0 fully saturated rings. The first-order chi connectivity index (χ1) is 7.31. The van der Waals surface area contributed by atoms with Gasteiger partial charge in [-0.1, -0.05) is 18.2 Å². The number of nitrogen functional groups attached to an aromatic ring is 1. The van der Waals surface area contributed by atoms with E-state index in [4.69, 9.17) is 11.5 Å². The van der Waals surface area contributed by atoms with Gasteiger partial charge in [0.05, 0.1) is 0 Å². The van der Waals surface area contributed by atoms with Gasteiger partial charge in [-0.25, -0.2) is 4.98 Å². The first kappa shape index (κ1) is 9.68. The zero-order valence-corrected chi connectivity index (χ0v) is 8.35. The van der Waals surface area contributed by atoms with Crippen LogP contribution < -0.4 is 11.5 Å². The minimum absolute atomic E-state index is 0.536. The number of hydrogen-bond donors (Lipinski definition) is 2. The highest BCUT2D eigenvalue weighted by atomic mass is 14.8. The summed E-state index contributed by atoms with van der Waals surface area (Å²) >= 11 is 0. The molecular weight excluding hydrogens is 186 g/mol. The van der Waals surface area contributed by atoms with E-state index in [-0.39, 0.29) is 0 Å². The molecule has 0 bridgehead atoms. The van der Waals surface area contributed by atoms with Gasteiger partial charge in [-0.2, -0.15) is 0 Å². The number of rotatable bonds is 2. The molecule has 0 saturated carbocycles. The SMILES string of the molecule is NCc1cccc(-c2cccnc2N)c1. The Morgan fingerprint density at radius 3 is 2.73 bits per heavy atom. The van der Waals surface area contributed by atoms with Crippen molar-refractivity contribution < 1.29 is 0 Å². The van der Waals surface area contributed by atoms with E-state index in [9.17, 15) is 0 Å². The molecule has 0 atom stereocenters. The molecule has 3 nitrogen and oxygen atoms in total. The van der Waals surface area contributed by atoms with Crippen molar-refractivity contribution in [3.63, 3.8) is 0 Å². The molecule has 4 N–H and O–H groups in total. The van der Waals surface area contributed by atoms with Crippen molar-refractivity contribution in [2.75, 3.05) is 5.73 Å². The Balaban J connectivity index is 2.49. The summed E-state index contributed by atoms with van der Waals surface area (Å²) in [5.74, 6) is 0.548.